The molecule has 2 N–H and O–H groups in total. The summed E-state index contributed by atoms with van der Waals surface area (Å²) in [6, 6.07) is 9.49. The van der Waals surface area contributed by atoms with Gasteiger partial charge < -0.3 is 5.84 Å². The Hall–Kier alpha value is -1.97. The maximum Gasteiger partial charge on any atom is 0.288 e. The van der Waals surface area contributed by atoms with Crippen LogP contribution in [0.2, 0.25) is 0 Å². The van der Waals surface area contributed by atoms with Gasteiger partial charge >= 0.3 is 0 Å². The van der Waals surface area contributed by atoms with Crippen molar-refractivity contribution in [3.63, 3.8) is 0 Å². The molecule has 14 heavy (non-hydrogen) atoms. The van der Waals surface area contributed by atoms with Gasteiger partial charge in [0.25, 0.3) is 5.56 Å². The zero-order valence-corrected chi connectivity index (χ0v) is 7.84. The molecule has 0 saturated carbocycles. The average molecular weight is 189 g/mol. The lowest BCUT2D eigenvalue weighted by Crippen LogP contribution is -2.29. The van der Waals surface area contributed by atoms with E-state index in [2.05, 4.69) is 0 Å². The average Bonchev–Trinajstić information content (AvgIpc) is 2.47. The van der Waals surface area contributed by atoms with Crippen molar-refractivity contribution in [2.45, 2.75) is 6.92 Å². The van der Waals surface area contributed by atoms with Crippen molar-refractivity contribution < 1.29 is 0 Å². The van der Waals surface area contributed by atoms with E-state index in [0.717, 1.165) is 10.5 Å². The molecule has 1 heterocycles. The van der Waals surface area contributed by atoms with E-state index in [4.69, 9.17) is 5.84 Å². The number of para-hydroxylation sites is 1. The summed E-state index contributed by atoms with van der Waals surface area (Å²) in [7, 11) is 0. The minimum absolute atomic E-state index is 0.172. The number of benzene rings is 1. The van der Waals surface area contributed by atoms with E-state index < -0.39 is 0 Å². The molecule has 2 aromatic rings. The van der Waals surface area contributed by atoms with Crippen LogP contribution < -0.4 is 11.4 Å². The summed E-state index contributed by atoms with van der Waals surface area (Å²) in [4.78, 5) is 12.5. The van der Waals surface area contributed by atoms with Gasteiger partial charge in [0.2, 0.25) is 0 Å². The third-order valence-corrected chi connectivity index (χ3v) is 2.11. The molecule has 0 saturated heterocycles. The van der Waals surface area contributed by atoms with Crippen molar-refractivity contribution in [1.82, 2.24) is 9.47 Å². The molecule has 0 aliphatic heterocycles. The summed E-state index contributed by atoms with van der Waals surface area (Å²) in [5.41, 5.74) is 1.34. The molecule has 0 amide bonds. The molecule has 2 rings (SSSR count). The summed E-state index contributed by atoms with van der Waals surface area (Å²) in [5, 5.41) is 0. The lowest BCUT2D eigenvalue weighted by molar-refractivity contribution is 0.687. The van der Waals surface area contributed by atoms with Crippen molar-refractivity contribution in [2.75, 3.05) is 5.84 Å². The number of nitrogens with zero attached hydrogens (tertiary/aromatic N) is 2. The molecule has 1 aromatic carbocycles. The van der Waals surface area contributed by atoms with Crippen LogP contribution in [0.5, 0.6) is 0 Å². The minimum Gasteiger partial charge on any atom is -0.321 e. The Balaban J connectivity index is 2.64. The molecule has 0 fully saturated rings. The molecule has 0 aliphatic rings. The van der Waals surface area contributed by atoms with E-state index in [-0.39, 0.29) is 5.56 Å². The maximum absolute atomic E-state index is 11.4. The topological polar surface area (TPSA) is 52.9 Å². The molecular formula is C10H11N3O. The molecule has 0 spiro atoms. The van der Waals surface area contributed by atoms with Gasteiger partial charge in [-0.05, 0) is 19.1 Å². The predicted octanol–water partition coefficient (Wildman–Crippen LogP) is 0.661. The third kappa shape index (κ3) is 1.21. The van der Waals surface area contributed by atoms with Crippen LogP contribution in [-0.4, -0.2) is 9.47 Å². The van der Waals surface area contributed by atoms with Crippen molar-refractivity contribution >= 4 is 0 Å². The second kappa shape index (κ2) is 3.06. The highest BCUT2D eigenvalue weighted by atomic mass is 16.1. The van der Waals surface area contributed by atoms with Crippen molar-refractivity contribution in [1.29, 1.82) is 0 Å². The first-order valence-corrected chi connectivity index (χ1v) is 4.32. The Kier molecular flexibility index (Phi) is 1.89. The molecule has 0 aliphatic carbocycles. The van der Waals surface area contributed by atoms with Gasteiger partial charge in [0, 0.05) is 11.8 Å². The standard InChI is InChI=1S/C10H11N3O/c1-8-7-12(13(11)10(8)14)9-5-3-2-4-6-9/h2-7H,11H2,1H3. The van der Waals surface area contributed by atoms with Gasteiger partial charge in [-0.2, -0.15) is 4.79 Å². The van der Waals surface area contributed by atoms with Gasteiger partial charge in [0.1, 0.15) is 0 Å². The fourth-order valence-corrected chi connectivity index (χ4v) is 1.36. The molecule has 0 bridgehead atoms. The van der Waals surface area contributed by atoms with Gasteiger partial charge in [-0.15, -0.1) is 0 Å². The summed E-state index contributed by atoms with van der Waals surface area (Å²) >= 11 is 0. The predicted molar refractivity (Wildman–Crippen MR) is 54.9 cm³/mol. The van der Waals surface area contributed by atoms with Gasteiger partial charge in [-0.3, -0.25) is 4.79 Å². The Labute approximate surface area is 81.1 Å². The zero-order chi connectivity index (χ0) is 10.1. The maximum atomic E-state index is 11.4. The van der Waals surface area contributed by atoms with Crippen LogP contribution in [0.25, 0.3) is 5.69 Å². The van der Waals surface area contributed by atoms with Gasteiger partial charge in [-0.1, -0.05) is 18.2 Å². The van der Waals surface area contributed by atoms with Crippen molar-refractivity contribution in [2.24, 2.45) is 0 Å². The second-order valence-electron chi connectivity index (χ2n) is 3.14. The van der Waals surface area contributed by atoms with Crippen LogP contribution in [-0.2, 0) is 0 Å². The van der Waals surface area contributed by atoms with E-state index in [0.29, 0.717) is 5.56 Å². The number of nitrogens with two attached hydrogens (primary N) is 1. The lowest BCUT2D eigenvalue weighted by Gasteiger charge is -2.05. The first-order chi connectivity index (χ1) is 6.70. The Morgan fingerprint density at radius 2 is 1.86 bits per heavy atom. The van der Waals surface area contributed by atoms with Crippen LogP contribution in [0.3, 0.4) is 0 Å². The van der Waals surface area contributed by atoms with Crippen LogP contribution in [0.15, 0.2) is 41.3 Å². The second-order valence-corrected chi connectivity index (χ2v) is 3.14. The molecule has 0 radical (unpaired) electrons. The minimum atomic E-state index is -0.172. The number of aromatic nitrogens is 2. The molecular weight excluding hydrogens is 178 g/mol. The Morgan fingerprint density at radius 1 is 1.21 bits per heavy atom. The quantitative estimate of drug-likeness (QED) is 0.670. The molecule has 72 valence electrons. The highest BCUT2D eigenvalue weighted by molar-refractivity contribution is 5.31. The molecule has 0 atom stereocenters. The number of aryl methyl sites for hydroxylation is 1. The monoisotopic (exact) mass is 189 g/mol. The first-order valence-electron chi connectivity index (χ1n) is 4.32. The number of hydrogen-bond donors (Lipinski definition) is 1. The first kappa shape index (κ1) is 8.62. The summed E-state index contributed by atoms with van der Waals surface area (Å²) in [6.45, 7) is 1.74. The summed E-state index contributed by atoms with van der Waals surface area (Å²) in [5.74, 6) is 5.60. The summed E-state index contributed by atoms with van der Waals surface area (Å²) < 4.78 is 1.62. The Bertz CT molecular complexity index is 496. The van der Waals surface area contributed by atoms with Crippen LogP contribution in [0, 0.1) is 6.92 Å². The van der Waals surface area contributed by atoms with Crippen LogP contribution in [0.4, 0.5) is 0 Å². The highest BCUT2D eigenvalue weighted by Gasteiger charge is 2.05. The Morgan fingerprint density at radius 3 is 2.36 bits per heavy atom. The third-order valence-electron chi connectivity index (χ3n) is 2.11. The fourth-order valence-electron chi connectivity index (χ4n) is 1.36. The van der Waals surface area contributed by atoms with Gasteiger partial charge in [0.15, 0.2) is 0 Å². The molecule has 1 aromatic heterocycles. The van der Waals surface area contributed by atoms with E-state index in [1.165, 1.54) is 0 Å². The van der Waals surface area contributed by atoms with Crippen LogP contribution in [0.1, 0.15) is 5.56 Å². The normalized spacial score (nSPS) is 10.4. The number of hydrogen-bond acceptors (Lipinski definition) is 2. The number of rotatable bonds is 1. The van der Waals surface area contributed by atoms with Crippen molar-refractivity contribution in [3.8, 4) is 5.69 Å². The summed E-state index contributed by atoms with van der Waals surface area (Å²) in [6.07, 6.45) is 1.72. The smallest absolute Gasteiger partial charge is 0.288 e. The molecule has 4 heteroatoms. The van der Waals surface area contributed by atoms with E-state index in [9.17, 15) is 4.79 Å². The number of nitrogen functional groups attached to an aromatic ring is 1. The fraction of sp³-hybridized carbons (Fsp3) is 0.100. The van der Waals surface area contributed by atoms with Crippen molar-refractivity contribution in [3.05, 3.63) is 52.4 Å². The van der Waals surface area contributed by atoms with E-state index >= 15 is 0 Å². The van der Waals surface area contributed by atoms with Gasteiger partial charge in [0.05, 0.1) is 5.69 Å². The van der Waals surface area contributed by atoms with Gasteiger partial charge in [-0.25, -0.2) is 4.68 Å². The zero-order valence-electron chi connectivity index (χ0n) is 7.84. The molecule has 0 unspecified atom stereocenters. The largest absolute Gasteiger partial charge is 0.321 e. The van der Waals surface area contributed by atoms with E-state index in [1.54, 1.807) is 17.8 Å². The lowest BCUT2D eigenvalue weighted by atomic mass is 10.3. The van der Waals surface area contributed by atoms with Crippen LogP contribution >= 0.6 is 0 Å². The van der Waals surface area contributed by atoms with E-state index in [1.807, 2.05) is 30.3 Å². The SMILES string of the molecule is Cc1cn(-c2ccccc2)n(N)c1=O. The highest BCUT2D eigenvalue weighted by Crippen LogP contribution is 2.05. The molecule has 4 nitrogen and oxygen atoms in total.